The van der Waals surface area contributed by atoms with E-state index in [0.717, 1.165) is 10.5 Å². The molecule has 0 unspecified atom stereocenters. The maximum absolute atomic E-state index is 13.3. The van der Waals surface area contributed by atoms with Gasteiger partial charge in [-0.2, -0.15) is 5.10 Å². The highest BCUT2D eigenvalue weighted by Gasteiger charge is 2.27. The first-order valence-corrected chi connectivity index (χ1v) is 12.1. The van der Waals surface area contributed by atoms with Gasteiger partial charge in [-0.3, -0.25) is 9.59 Å². The van der Waals surface area contributed by atoms with Gasteiger partial charge in [-0.25, -0.2) is 28.8 Å². The number of benzene rings is 1. The molecule has 0 bridgehead atoms. The third-order valence-corrected chi connectivity index (χ3v) is 5.67. The summed E-state index contributed by atoms with van der Waals surface area (Å²) in [6, 6.07) is 5.21. The summed E-state index contributed by atoms with van der Waals surface area (Å²) in [7, 11) is 0. The fraction of sp³-hybridized carbons (Fsp3) is 0.269. The summed E-state index contributed by atoms with van der Waals surface area (Å²) in [6.45, 7) is 6.53. The Balaban J connectivity index is 1.83. The largest absolute Gasteiger partial charge is 0.478 e. The Morgan fingerprint density at radius 3 is 2.52 bits per heavy atom. The summed E-state index contributed by atoms with van der Waals surface area (Å²) < 4.78 is 10.9. The molecule has 40 heavy (non-hydrogen) atoms. The van der Waals surface area contributed by atoms with Gasteiger partial charge in [-0.1, -0.05) is 6.07 Å². The molecule has 14 nitrogen and oxygen atoms in total. The Kier molecular flexibility index (Phi) is 9.52. The van der Waals surface area contributed by atoms with Gasteiger partial charge in [-0.15, -0.1) is 0 Å². The molecule has 0 aliphatic carbocycles. The SMILES string of the molecule is CCNC(=O)c1ccc(C)c(Nc2ncnn3cc(C(=O)N(CC)C(=O)OCOC(=O)/C=C/C(=O)O)c(C)c23)c1. The number of anilines is 2. The van der Waals surface area contributed by atoms with E-state index >= 15 is 0 Å². The summed E-state index contributed by atoms with van der Waals surface area (Å²) in [4.78, 5) is 65.2. The fourth-order valence-corrected chi connectivity index (χ4v) is 3.66. The fourth-order valence-electron chi connectivity index (χ4n) is 3.66. The molecule has 2 aromatic heterocycles. The van der Waals surface area contributed by atoms with E-state index in [2.05, 4.69) is 25.5 Å². The van der Waals surface area contributed by atoms with Gasteiger partial charge >= 0.3 is 18.0 Å². The zero-order chi connectivity index (χ0) is 29.4. The van der Waals surface area contributed by atoms with Crippen LogP contribution < -0.4 is 10.6 Å². The Bertz CT molecular complexity index is 1500. The summed E-state index contributed by atoms with van der Waals surface area (Å²) in [5, 5.41) is 18.7. The number of imide groups is 1. The highest BCUT2D eigenvalue weighted by atomic mass is 16.7. The topological polar surface area (TPSA) is 182 Å². The molecule has 0 spiro atoms. The summed E-state index contributed by atoms with van der Waals surface area (Å²) in [5.41, 5.74) is 3.04. The van der Waals surface area contributed by atoms with Gasteiger partial charge in [0, 0.05) is 42.7 Å². The zero-order valence-electron chi connectivity index (χ0n) is 22.3. The van der Waals surface area contributed by atoms with Crippen molar-refractivity contribution in [1.29, 1.82) is 0 Å². The molecule has 0 saturated carbocycles. The van der Waals surface area contributed by atoms with Gasteiger partial charge in [0.2, 0.25) is 6.79 Å². The normalized spacial score (nSPS) is 10.8. The first kappa shape index (κ1) is 29.3. The van der Waals surface area contributed by atoms with E-state index in [0.29, 0.717) is 46.8 Å². The molecule has 0 saturated heterocycles. The van der Waals surface area contributed by atoms with Crippen LogP contribution in [0.2, 0.25) is 0 Å². The van der Waals surface area contributed by atoms with Crippen molar-refractivity contribution in [1.82, 2.24) is 24.8 Å². The number of hydrogen-bond donors (Lipinski definition) is 3. The number of carboxylic acids is 1. The summed E-state index contributed by atoms with van der Waals surface area (Å²) >= 11 is 0. The number of ether oxygens (including phenoxy) is 2. The summed E-state index contributed by atoms with van der Waals surface area (Å²) in [5.74, 6) is -2.92. The third-order valence-electron chi connectivity index (χ3n) is 5.67. The predicted molar refractivity (Wildman–Crippen MR) is 141 cm³/mol. The molecule has 0 aliphatic heterocycles. The van der Waals surface area contributed by atoms with Crippen molar-refractivity contribution >= 4 is 46.9 Å². The molecule has 14 heteroatoms. The van der Waals surface area contributed by atoms with Crippen LogP contribution in [0.5, 0.6) is 0 Å². The Morgan fingerprint density at radius 1 is 1.10 bits per heavy atom. The van der Waals surface area contributed by atoms with Crippen molar-refractivity contribution in [3.63, 3.8) is 0 Å². The number of carbonyl (C=O) groups is 5. The first-order valence-electron chi connectivity index (χ1n) is 12.1. The average Bonchev–Trinajstić information content (AvgIpc) is 3.26. The van der Waals surface area contributed by atoms with Crippen LogP contribution in [0.1, 0.15) is 45.7 Å². The minimum absolute atomic E-state index is 0.0568. The van der Waals surface area contributed by atoms with E-state index in [-0.39, 0.29) is 18.0 Å². The van der Waals surface area contributed by atoms with Crippen molar-refractivity contribution in [2.75, 3.05) is 25.2 Å². The van der Waals surface area contributed by atoms with E-state index in [4.69, 9.17) is 9.84 Å². The number of nitrogens with zero attached hydrogens (tertiary/aromatic N) is 4. The number of aryl methyl sites for hydroxylation is 2. The van der Waals surface area contributed by atoms with Gasteiger partial charge in [0.25, 0.3) is 11.8 Å². The maximum atomic E-state index is 13.3. The number of aromatic nitrogens is 3. The maximum Gasteiger partial charge on any atom is 0.419 e. The predicted octanol–water partition coefficient (Wildman–Crippen LogP) is 2.58. The second kappa shape index (κ2) is 13.0. The number of carboxylic acid groups (broad SMARTS) is 1. The quantitative estimate of drug-likeness (QED) is 0.191. The Morgan fingerprint density at radius 2 is 1.85 bits per heavy atom. The molecule has 3 N–H and O–H groups in total. The molecule has 3 amide bonds. The highest BCUT2D eigenvalue weighted by Crippen LogP contribution is 2.28. The number of nitrogens with one attached hydrogen (secondary N) is 2. The van der Waals surface area contributed by atoms with E-state index < -0.39 is 30.7 Å². The Labute approximate surface area is 228 Å². The average molecular weight is 553 g/mol. The third kappa shape index (κ3) is 6.78. The van der Waals surface area contributed by atoms with Crippen LogP contribution in [0.15, 0.2) is 42.9 Å². The molecule has 210 valence electrons. The minimum atomic E-state index is -1.35. The van der Waals surface area contributed by atoms with E-state index in [9.17, 15) is 24.0 Å². The van der Waals surface area contributed by atoms with Crippen molar-refractivity contribution in [3.8, 4) is 0 Å². The molecule has 0 fully saturated rings. The van der Waals surface area contributed by atoms with Crippen molar-refractivity contribution in [2.24, 2.45) is 0 Å². The lowest BCUT2D eigenvalue weighted by atomic mass is 10.1. The lowest BCUT2D eigenvalue weighted by molar-refractivity contribution is -0.146. The lowest BCUT2D eigenvalue weighted by Crippen LogP contribution is -2.37. The van der Waals surface area contributed by atoms with Gasteiger partial charge in [-0.05, 0) is 51.0 Å². The van der Waals surface area contributed by atoms with Gasteiger partial charge in [0.15, 0.2) is 5.82 Å². The van der Waals surface area contributed by atoms with Gasteiger partial charge < -0.3 is 25.2 Å². The molecular weight excluding hydrogens is 524 g/mol. The number of amides is 3. The van der Waals surface area contributed by atoms with Crippen LogP contribution in [0, 0.1) is 13.8 Å². The number of aliphatic carboxylic acids is 1. The van der Waals surface area contributed by atoms with Gasteiger partial charge in [0.05, 0.1) is 5.56 Å². The van der Waals surface area contributed by atoms with E-state index in [1.807, 2.05) is 13.8 Å². The van der Waals surface area contributed by atoms with Crippen molar-refractivity contribution < 1.29 is 38.6 Å². The first-order chi connectivity index (χ1) is 19.1. The molecule has 2 heterocycles. The highest BCUT2D eigenvalue weighted by molar-refractivity contribution is 6.05. The Hall–Kier alpha value is -5.27. The lowest BCUT2D eigenvalue weighted by Gasteiger charge is -2.18. The minimum Gasteiger partial charge on any atom is -0.478 e. The molecule has 3 rings (SSSR count). The van der Waals surface area contributed by atoms with Crippen LogP contribution in [0.25, 0.3) is 5.52 Å². The number of carbonyl (C=O) groups excluding carboxylic acids is 4. The molecular formula is C26H28N6O8. The number of esters is 1. The molecule has 0 atom stereocenters. The van der Waals surface area contributed by atoms with E-state index in [1.165, 1.54) is 17.0 Å². The molecule has 3 aromatic rings. The van der Waals surface area contributed by atoms with E-state index in [1.54, 1.807) is 32.0 Å². The van der Waals surface area contributed by atoms with Gasteiger partial charge in [0.1, 0.15) is 11.8 Å². The van der Waals surface area contributed by atoms with Crippen LogP contribution in [0.3, 0.4) is 0 Å². The summed E-state index contributed by atoms with van der Waals surface area (Å²) in [6.07, 6.45) is 2.90. The standard InChI is InChI=1S/C26H28N6O8/c1-5-27-24(36)17-8-7-15(3)19(11-17)30-23-22-16(4)18(12-32(22)29-13-28-23)25(37)31(6-2)26(38)40-14-39-21(35)10-9-20(33)34/h7-13H,5-6,14H2,1-4H3,(H,27,36)(H,33,34)(H,28,29,30)/b10-9+. The smallest absolute Gasteiger partial charge is 0.419 e. The van der Waals surface area contributed by atoms with Crippen LogP contribution >= 0.6 is 0 Å². The van der Waals surface area contributed by atoms with Crippen LogP contribution in [0.4, 0.5) is 16.3 Å². The van der Waals surface area contributed by atoms with Crippen LogP contribution in [-0.2, 0) is 19.1 Å². The van der Waals surface area contributed by atoms with Crippen LogP contribution in [-0.4, -0.2) is 74.3 Å². The molecule has 0 radical (unpaired) electrons. The second-order valence-electron chi connectivity index (χ2n) is 8.30. The monoisotopic (exact) mass is 552 g/mol. The zero-order valence-corrected chi connectivity index (χ0v) is 22.3. The number of rotatable bonds is 10. The van der Waals surface area contributed by atoms with Crippen molar-refractivity contribution in [3.05, 3.63) is 65.1 Å². The molecule has 1 aromatic carbocycles. The molecule has 0 aliphatic rings. The number of fused-ring (bicyclic) bond motifs is 1. The second-order valence-corrected chi connectivity index (χ2v) is 8.30. The number of hydrogen-bond acceptors (Lipinski definition) is 10. The van der Waals surface area contributed by atoms with Crippen molar-refractivity contribution in [2.45, 2.75) is 27.7 Å².